The predicted molar refractivity (Wildman–Crippen MR) is 156 cm³/mol. The Labute approximate surface area is 238 Å². The summed E-state index contributed by atoms with van der Waals surface area (Å²) < 4.78 is 20.3. The Morgan fingerprint density at radius 3 is 2.58 bits per heavy atom. The molecule has 0 spiro atoms. The molecule has 2 aromatic carbocycles. The highest BCUT2D eigenvalue weighted by Crippen LogP contribution is 2.43. The molecule has 0 radical (unpaired) electrons. The molecular formula is C27H30BrIN2O4S. The molecule has 1 saturated heterocycles. The topological polar surface area (TPSA) is 60.9 Å². The van der Waals surface area contributed by atoms with Crippen molar-refractivity contribution in [2.75, 3.05) is 18.8 Å². The third kappa shape index (κ3) is 6.39. The van der Waals surface area contributed by atoms with Gasteiger partial charge in [0.25, 0.3) is 0 Å². The van der Waals surface area contributed by atoms with E-state index in [1.165, 1.54) is 0 Å². The van der Waals surface area contributed by atoms with Gasteiger partial charge in [-0.1, -0.05) is 37.3 Å². The molecule has 1 aliphatic heterocycles. The van der Waals surface area contributed by atoms with Crippen LogP contribution in [0.25, 0.3) is 10.9 Å². The van der Waals surface area contributed by atoms with Gasteiger partial charge in [0.05, 0.1) is 17.6 Å². The van der Waals surface area contributed by atoms with Crippen molar-refractivity contribution in [3.63, 3.8) is 0 Å². The zero-order valence-corrected chi connectivity index (χ0v) is 25.6. The molecule has 1 aliphatic rings. The maximum Gasteiger partial charge on any atom is 0.410 e. The fraction of sp³-hybridized carbons (Fsp3) is 0.407. The number of nitrogens with zero attached hydrogens (tertiary/aromatic N) is 2. The van der Waals surface area contributed by atoms with Crippen LogP contribution in [0.15, 0.2) is 52.0 Å². The highest BCUT2D eigenvalue weighted by Gasteiger charge is 2.35. The summed E-state index contributed by atoms with van der Waals surface area (Å²) in [4.78, 5) is 19.0. The first-order valence-electron chi connectivity index (χ1n) is 11.9. The summed E-state index contributed by atoms with van der Waals surface area (Å²) in [5.74, 6) is 2.32. The summed E-state index contributed by atoms with van der Waals surface area (Å²) in [6.45, 7) is 10.7. The molecule has 36 heavy (non-hydrogen) atoms. The van der Waals surface area contributed by atoms with Gasteiger partial charge in [-0.05, 0) is 83.6 Å². The Hall–Kier alpha value is -1.72. The van der Waals surface area contributed by atoms with Gasteiger partial charge in [-0.15, -0.1) is 11.8 Å². The van der Waals surface area contributed by atoms with Crippen LogP contribution in [0.4, 0.5) is 4.79 Å². The summed E-state index contributed by atoms with van der Waals surface area (Å²) in [5.41, 5.74) is 1.32. The SMILES string of the molecule is CCSc1cc(OC2CN(C(=O)OC(C)(C)C)C2)c2cc(I)c(Br)c(O[C@@H](C)c3ccccc3)c2n1. The highest BCUT2D eigenvalue weighted by atomic mass is 127. The van der Waals surface area contributed by atoms with Gasteiger partial charge in [0.2, 0.25) is 0 Å². The number of likely N-dealkylation sites (tertiary alicyclic amines) is 1. The number of benzene rings is 2. The Morgan fingerprint density at radius 1 is 1.25 bits per heavy atom. The molecule has 6 nitrogen and oxygen atoms in total. The van der Waals surface area contributed by atoms with E-state index in [0.717, 1.165) is 41.0 Å². The Bertz CT molecular complexity index is 1250. The van der Waals surface area contributed by atoms with E-state index in [-0.39, 0.29) is 18.3 Å². The molecule has 0 unspecified atom stereocenters. The van der Waals surface area contributed by atoms with Crippen molar-refractivity contribution in [2.24, 2.45) is 0 Å². The maximum atomic E-state index is 12.3. The average Bonchev–Trinajstić information content (AvgIpc) is 2.79. The van der Waals surface area contributed by atoms with E-state index in [1.54, 1.807) is 16.7 Å². The molecule has 0 bridgehead atoms. The van der Waals surface area contributed by atoms with Crippen molar-refractivity contribution >= 4 is 67.3 Å². The van der Waals surface area contributed by atoms with E-state index in [4.69, 9.17) is 19.2 Å². The molecule has 1 amide bonds. The molecule has 0 aliphatic carbocycles. The number of fused-ring (bicyclic) bond motifs is 1. The lowest BCUT2D eigenvalue weighted by Gasteiger charge is -2.39. The zero-order valence-electron chi connectivity index (χ0n) is 21.0. The largest absolute Gasteiger partial charge is 0.486 e. The van der Waals surface area contributed by atoms with E-state index in [9.17, 15) is 4.79 Å². The summed E-state index contributed by atoms with van der Waals surface area (Å²) in [6, 6.07) is 14.2. The first kappa shape index (κ1) is 27.3. The number of aromatic nitrogens is 1. The second kappa shape index (κ2) is 11.3. The normalized spacial score (nSPS) is 14.9. The summed E-state index contributed by atoms with van der Waals surface area (Å²) in [6.07, 6.45) is -0.587. The smallest absolute Gasteiger partial charge is 0.410 e. The third-order valence-electron chi connectivity index (χ3n) is 5.54. The van der Waals surface area contributed by atoms with Gasteiger partial charge in [0.15, 0.2) is 5.75 Å². The Kier molecular flexibility index (Phi) is 8.61. The van der Waals surface area contributed by atoms with E-state index in [2.05, 4.69) is 63.6 Å². The number of thioether (sulfide) groups is 1. The standard InChI is InChI=1S/C27H30BrIN2O4S/c1-6-36-22-13-21(34-18-14-31(15-18)26(32)35-27(3,4)5)19-12-20(29)23(28)25(24(19)30-22)33-16(2)17-10-8-7-9-11-17/h7-13,16,18H,6,14-15H2,1-5H3/t16-/m0/s1. The lowest BCUT2D eigenvalue weighted by Crippen LogP contribution is -2.57. The van der Waals surface area contributed by atoms with Crippen molar-refractivity contribution < 1.29 is 19.0 Å². The summed E-state index contributed by atoms with van der Waals surface area (Å²) >= 11 is 7.69. The number of pyridine rings is 1. The second-order valence-corrected chi connectivity index (χ2v) is 12.8. The minimum atomic E-state index is -0.520. The van der Waals surface area contributed by atoms with Crippen LogP contribution in [0, 0.1) is 3.57 Å². The molecule has 3 aromatic rings. The van der Waals surface area contributed by atoms with Gasteiger partial charge >= 0.3 is 6.09 Å². The number of ether oxygens (including phenoxy) is 3. The number of halogens is 2. The molecule has 0 N–H and O–H groups in total. The minimum Gasteiger partial charge on any atom is -0.486 e. The number of amides is 1. The number of rotatable bonds is 7. The van der Waals surface area contributed by atoms with Gasteiger partial charge < -0.3 is 19.1 Å². The Balaban J connectivity index is 1.64. The molecule has 9 heteroatoms. The average molecular weight is 685 g/mol. The van der Waals surface area contributed by atoms with Crippen molar-refractivity contribution in [2.45, 2.75) is 57.5 Å². The van der Waals surface area contributed by atoms with Crippen LogP contribution in [-0.2, 0) is 4.74 Å². The lowest BCUT2D eigenvalue weighted by molar-refractivity contribution is -0.0218. The highest BCUT2D eigenvalue weighted by molar-refractivity contribution is 14.1. The van der Waals surface area contributed by atoms with Crippen LogP contribution in [-0.4, -0.2) is 46.5 Å². The second-order valence-electron chi connectivity index (χ2n) is 9.59. The fourth-order valence-electron chi connectivity index (χ4n) is 3.79. The van der Waals surface area contributed by atoms with E-state index < -0.39 is 5.60 Å². The predicted octanol–water partition coefficient (Wildman–Crippen LogP) is 7.85. The van der Waals surface area contributed by atoms with Crippen LogP contribution in [0.5, 0.6) is 11.5 Å². The molecule has 1 fully saturated rings. The van der Waals surface area contributed by atoms with Gasteiger partial charge in [0.1, 0.15) is 34.1 Å². The summed E-state index contributed by atoms with van der Waals surface area (Å²) in [7, 11) is 0. The van der Waals surface area contributed by atoms with Gasteiger partial charge in [-0.3, -0.25) is 0 Å². The molecule has 1 aromatic heterocycles. The van der Waals surface area contributed by atoms with Crippen LogP contribution in [0.2, 0.25) is 0 Å². The van der Waals surface area contributed by atoms with Crippen LogP contribution < -0.4 is 9.47 Å². The quantitative estimate of drug-likeness (QED) is 0.187. The van der Waals surface area contributed by atoms with Gasteiger partial charge in [0, 0.05) is 15.0 Å². The molecule has 192 valence electrons. The van der Waals surface area contributed by atoms with E-state index in [0.29, 0.717) is 18.8 Å². The first-order chi connectivity index (χ1) is 17.1. The number of carbonyl (C=O) groups excluding carboxylic acids is 1. The Morgan fingerprint density at radius 2 is 1.94 bits per heavy atom. The lowest BCUT2D eigenvalue weighted by atomic mass is 10.1. The van der Waals surface area contributed by atoms with Gasteiger partial charge in [-0.25, -0.2) is 9.78 Å². The minimum absolute atomic E-state index is 0.114. The fourth-order valence-corrected chi connectivity index (χ4v) is 5.38. The molecule has 1 atom stereocenters. The summed E-state index contributed by atoms with van der Waals surface area (Å²) in [5, 5.41) is 1.75. The molecular weight excluding hydrogens is 655 g/mol. The zero-order chi connectivity index (χ0) is 26.0. The molecule has 2 heterocycles. The van der Waals surface area contributed by atoms with Crippen molar-refractivity contribution in [1.82, 2.24) is 9.88 Å². The number of hydrogen-bond donors (Lipinski definition) is 0. The molecule has 0 saturated carbocycles. The number of carbonyl (C=O) groups is 1. The van der Waals surface area contributed by atoms with Crippen LogP contribution in [0.1, 0.15) is 46.3 Å². The van der Waals surface area contributed by atoms with Crippen LogP contribution in [0.3, 0.4) is 0 Å². The maximum absolute atomic E-state index is 12.3. The van der Waals surface area contributed by atoms with Crippen molar-refractivity contribution in [1.29, 1.82) is 0 Å². The van der Waals surface area contributed by atoms with E-state index in [1.807, 2.05) is 52.0 Å². The monoisotopic (exact) mass is 684 g/mol. The van der Waals surface area contributed by atoms with Crippen LogP contribution >= 0.6 is 50.3 Å². The molecule has 4 rings (SSSR count). The van der Waals surface area contributed by atoms with Gasteiger partial charge in [-0.2, -0.15) is 0 Å². The van der Waals surface area contributed by atoms with Crippen molar-refractivity contribution in [3.05, 3.63) is 56.1 Å². The number of hydrogen-bond acceptors (Lipinski definition) is 6. The van der Waals surface area contributed by atoms with E-state index >= 15 is 0 Å². The first-order valence-corrected chi connectivity index (χ1v) is 14.7. The van der Waals surface area contributed by atoms with Crippen molar-refractivity contribution in [3.8, 4) is 11.5 Å². The third-order valence-corrected chi connectivity index (χ3v) is 8.71.